The number of halogens is 4. The number of hydrogen-bond acceptors (Lipinski definition) is 16. The number of unbranched alkanes of at least 4 members (excludes halogenated alkanes) is 4. The molecule has 0 saturated carbocycles. The zero-order valence-corrected chi connectivity index (χ0v) is 67.6. The quantitative estimate of drug-likeness (QED) is 0.0317. The standard InChI is InChI=1S/C57H112O16Te4.4BrH/c1-13-21-37-74(49(9)53(58)70-17-5)41-33-62-25-29-66-45-57(46-67-30-26-63-34-42-75(38-22-14-2)50(10)54(59)71-18-6,47-68-31-27-64-35-43-76(39-23-15-3)51(11)55(60)72-19-7)48-69-32-28-65-36-44-77(40-24-16-4)52(12)56(61)73-20-8;;;;/h49-52H,13-48H2,1-12H3;4*1H/q+4;;;;/p-4. The number of rotatable bonds is 56. The van der Waals surface area contributed by atoms with E-state index in [9.17, 15) is 19.2 Å². The van der Waals surface area contributed by atoms with Crippen molar-refractivity contribution in [2.45, 2.75) is 186 Å². The van der Waals surface area contributed by atoms with Gasteiger partial charge in [0.2, 0.25) is 0 Å². The molecule has 0 aromatic heterocycles. The molecule has 24 heteroatoms. The summed E-state index contributed by atoms with van der Waals surface area (Å²) in [6.07, 6.45) is 8.89. The minimum atomic E-state index is -1.79. The summed E-state index contributed by atoms with van der Waals surface area (Å²) in [4.78, 5) is 50.6. The molecule has 0 amide bonds. The van der Waals surface area contributed by atoms with E-state index in [1.807, 2.05) is 55.4 Å². The maximum absolute atomic E-state index is 12.7. The predicted octanol–water partition coefficient (Wildman–Crippen LogP) is -0.886. The van der Waals surface area contributed by atoms with Gasteiger partial charge in [0, 0.05) is 0 Å². The second-order valence-electron chi connectivity index (χ2n) is 18.9. The molecule has 0 aliphatic rings. The average molecular weight is 1880 g/mol. The van der Waals surface area contributed by atoms with Crippen molar-refractivity contribution in [3.8, 4) is 0 Å². The van der Waals surface area contributed by atoms with E-state index in [-0.39, 0.29) is 108 Å². The van der Waals surface area contributed by atoms with Crippen LogP contribution in [0.3, 0.4) is 0 Å². The van der Waals surface area contributed by atoms with E-state index in [0.29, 0.717) is 132 Å². The molecule has 0 saturated heterocycles. The molecule has 0 aromatic rings. The molecular formula is C57H112Br4O16Te4. The van der Waals surface area contributed by atoms with Gasteiger partial charge in [0.25, 0.3) is 0 Å². The molecule has 0 aliphatic carbocycles. The van der Waals surface area contributed by atoms with Crippen molar-refractivity contribution in [3.63, 3.8) is 0 Å². The zero-order valence-electron chi connectivity index (χ0n) is 51.9. The molecule has 0 spiro atoms. The minimum Gasteiger partial charge on any atom is -1.00 e. The van der Waals surface area contributed by atoms with Gasteiger partial charge >= 0.3 is 502 Å². The first kappa shape index (κ1) is 92.4. The van der Waals surface area contributed by atoms with Crippen LogP contribution in [0.5, 0.6) is 0 Å². The van der Waals surface area contributed by atoms with Crippen LogP contribution in [0, 0.1) is 5.41 Å². The van der Waals surface area contributed by atoms with Crippen LogP contribution >= 0.6 is 0 Å². The first-order valence-corrected chi connectivity index (χ1v) is 47.8. The zero-order chi connectivity index (χ0) is 57.4. The van der Waals surface area contributed by atoms with E-state index >= 15 is 0 Å². The van der Waals surface area contributed by atoms with Crippen molar-refractivity contribution in [2.24, 2.45) is 5.41 Å². The Morgan fingerprint density at radius 1 is 0.296 bits per heavy atom. The third-order valence-electron chi connectivity index (χ3n) is 12.6. The van der Waals surface area contributed by atoms with Crippen LogP contribution in [0.2, 0.25) is 51.6 Å². The number of hydrogen-bond donors (Lipinski definition) is 0. The Bertz CT molecular complexity index is 1240. The summed E-state index contributed by atoms with van der Waals surface area (Å²) in [5, 5.41) is 0. The number of ether oxygens (including phenoxy) is 12. The van der Waals surface area contributed by atoms with Gasteiger partial charge in [0.05, 0.1) is 0 Å². The molecule has 4 atom stereocenters. The van der Waals surface area contributed by atoms with E-state index in [1.54, 1.807) is 0 Å². The van der Waals surface area contributed by atoms with Crippen molar-refractivity contribution < 1.29 is 144 Å². The fraction of sp³-hybridized carbons (Fsp3) is 0.930. The van der Waals surface area contributed by atoms with Crippen LogP contribution in [0.25, 0.3) is 0 Å². The van der Waals surface area contributed by atoms with Gasteiger partial charge in [-0.1, -0.05) is 0 Å². The van der Waals surface area contributed by atoms with Crippen molar-refractivity contribution in [2.75, 3.05) is 132 Å². The minimum absolute atomic E-state index is 0. The van der Waals surface area contributed by atoms with Crippen LogP contribution in [0.4, 0.5) is 0 Å². The monoisotopic (exact) mass is 1890 g/mol. The molecule has 0 fully saturated rings. The van der Waals surface area contributed by atoms with Crippen LogP contribution in [-0.2, 0) is 76.0 Å². The van der Waals surface area contributed by atoms with Gasteiger partial charge in [-0.15, -0.1) is 0 Å². The molecule has 0 bridgehead atoms. The Labute approximate surface area is 563 Å². The van der Waals surface area contributed by atoms with Crippen LogP contribution in [-0.4, -0.2) is 234 Å². The van der Waals surface area contributed by atoms with Gasteiger partial charge in [-0.25, -0.2) is 0 Å². The average Bonchev–Trinajstić information content (AvgIpc) is 3.42. The first-order chi connectivity index (χ1) is 37.3. The van der Waals surface area contributed by atoms with Gasteiger partial charge in [-0.2, -0.15) is 0 Å². The Balaban J connectivity index is -0.00000481. The predicted molar refractivity (Wildman–Crippen MR) is 314 cm³/mol. The second kappa shape index (κ2) is 64.2. The van der Waals surface area contributed by atoms with Gasteiger partial charge in [-0.05, 0) is 0 Å². The molecule has 4 unspecified atom stereocenters. The first-order valence-electron chi connectivity index (χ1n) is 29.2. The Morgan fingerprint density at radius 2 is 0.481 bits per heavy atom. The molecule has 81 heavy (non-hydrogen) atoms. The Morgan fingerprint density at radius 3 is 0.654 bits per heavy atom. The fourth-order valence-electron chi connectivity index (χ4n) is 7.67. The summed E-state index contributed by atoms with van der Waals surface area (Å²) in [5.41, 5.74) is -0.687. The number of carbonyl (C=O) groups is 4. The Hall–Kier alpha value is 2.64. The molecule has 0 rings (SSSR count). The van der Waals surface area contributed by atoms with E-state index in [2.05, 4.69) is 27.7 Å². The molecule has 0 aliphatic heterocycles. The van der Waals surface area contributed by atoms with Gasteiger partial charge < -0.3 is 67.9 Å². The topological polar surface area (TPSA) is 179 Å². The molecule has 0 radical (unpaired) electrons. The van der Waals surface area contributed by atoms with E-state index in [0.717, 1.165) is 87.1 Å². The third-order valence-corrected chi connectivity index (χ3v) is 43.4. The maximum Gasteiger partial charge on any atom is -1.00 e. The molecule has 0 N–H and O–H groups in total. The summed E-state index contributed by atoms with van der Waals surface area (Å²) in [5.74, 6) is -0.306. The number of carbonyl (C=O) groups excluding carboxylic acids is 4. The smallest absolute Gasteiger partial charge is 1.00 e. The fourth-order valence-corrected chi connectivity index (χ4v) is 33.3. The van der Waals surface area contributed by atoms with Crippen molar-refractivity contribution in [1.29, 1.82) is 0 Å². The van der Waals surface area contributed by atoms with Gasteiger partial charge in [0.1, 0.15) is 0 Å². The van der Waals surface area contributed by atoms with Gasteiger partial charge in [-0.3, -0.25) is 0 Å². The SMILES string of the molecule is CCCC[Te+](CCOCCOCC(COCCOCC[Te+](CCCC)C(C)C(=O)OCC)(COCCOCC[Te+](CCCC)C(C)C(=O)OCC)COCCOCC[Te+](CCCC)C(C)C(=O)OCC)C(C)C(=O)OCC.[Br-].[Br-].[Br-].[Br-]. The van der Waals surface area contributed by atoms with E-state index < -0.39 is 83.6 Å². The third kappa shape index (κ3) is 47.3. The van der Waals surface area contributed by atoms with Crippen molar-refractivity contribution in [1.82, 2.24) is 0 Å². The largest absolute Gasteiger partial charge is 1.00 e. The van der Waals surface area contributed by atoms with Gasteiger partial charge in [0.15, 0.2) is 0 Å². The van der Waals surface area contributed by atoms with E-state index in [1.165, 1.54) is 0 Å². The summed E-state index contributed by atoms with van der Waals surface area (Å²) < 4.78 is 79.9. The summed E-state index contributed by atoms with van der Waals surface area (Å²) in [6.45, 7) is 32.6. The molecule has 488 valence electrons. The Kier molecular flexibility index (Phi) is 73.2. The summed E-state index contributed by atoms with van der Waals surface area (Å²) in [6, 6.07) is 0. The van der Waals surface area contributed by atoms with Crippen molar-refractivity contribution in [3.05, 3.63) is 0 Å². The number of esters is 4. The van der Waals surface area contributed by atoms with Crippen LogP contribution in [0.15, 0.2) is 0 Å². The molecule has 0 aromatic carbocycles. The van der Waals surface area contributed by atoms with Crippen LogP contribution in [0.1, 0.15) is 134 Å². The molecule has 0 heterocycles. The second-order valence-corrected chi connectivity index (χ2v) is 48.6. The molecule has 16 nitrogen and oxygen atoms in total. The maximum atomic E-state index is 12.7. The summed E-state index contributed by atoms with van der Waals surface area (Å²) in [7, 11) is 0. The van der Waals surface area contributed by atoms with E-state index in [4.69, 9.17) is 56.8 Å². The normalized spacial score (nSPS) is 13.5. The molecular weight excluding hydrogens is 1770 g/mol. The van der Waals surface area contributed by atoms with Crippen molar-refractivity contribution >= 4 is 102 Å². The van der Waals surface area contributed by atoms with Crippen LogP contribution < -0.4 is 67.9 Å². The summed E-state index contributed by atoms with van der Waals surface area (Å²) >= 11 is -7.16.